The third-order valence-electron chi connectivity index (χ3n) is 10.9. The van der Waals surface area contributed by atoms with Crippen LogP contribution in [0.2, 0.25) is 0 Å². The monoisotopic (exact) mass is 795 g/mol. The molecule has 0 saturated carbocycles. The average Bonchev–Trinajstić information content (AvgIpc) is 3.15. The molecule has 0 aliphatic rings. The minimum Gasteiger partial charge on any atom is -0.477 e. The van der Waals surface area contributed by atoms with E-state index < -0.39 is 18.1 Å². The van der Waals surface area contributed by atoms with Gasteiger partial charge in [-0.3, -0.25) is 9.59 Å². The molecule has 0 bridgehead atoms. The molecule has 0 aliphatic carbocycles. The summed E-state index contributed by atoms with van der Waals surface area (Å²) in [5.74, 6) is -1.50. The highest BCUT2D eigenvalue weighted by Gasteiger charge is 2.31. The number of quaternary nitrogens is 1. The number of unbranched alkanes of at least 4 members (excludes halogenated alkanes) is 27. The zero-order valence-corrected chi connectivity index (χ0v) is 37.6. The van der Waals surface area contributed by atoms with E-state index in [1.165, 1.54) is 154 Å². The normalized spacial score (nSPS) is 12.9. The largest absolute Gasteiger partial charge is 0.477 e. The van der Waals surface area contributed by atoms with Crippen LogP contribution in [0.15, 0.2) is 12.2 Å². The Labute approximate surface area is 346 Å². The summed E-state index contributed by atoms with van der Waals surface area (Å²) in [6, 6.07) is -0.614. The summed E-state index contributed by atoms with van der Waals surface area (Å²) < 4.78 is 17.2. The molecule has 1 N–H and O–H groups in total. The molecular formula is C48H92NO7+. The Morgan fingerprint density at radius 3 is 1.34 bits per heavy atom. The molecule has 0 rings (SSSR count). The first-order valence-electron chi connectivity index (χ1n) is 23.7. The summed E-state index contributed by atoms with van der Waals surface area (Å²) in [6.45, 7) is 4.70. The maximum atomic E-state index is 12.6. The van der Waals surface area contributed by atoms with Crippen LogP contribution in [0.4, 0.5) is 0 Å². The fourth-order valence-corrected chi connectivity index (χ4v) is 7.21. The number of hydrogen-bond donors (Lipinski definition) is 1. The maximum absolute atomic E-state index is 12.6. The topological polar surface area (TPSA) is 99.1 Å². The molecule has 0 aliphatic heterocycles. The summed E-state index contributed by atoms with van der Waals surface area (Å²) in [5.41, 5.74) is 0. The van der Waals surface area contributed by atoms with Crippen molar-refractivity contribution in [3.05, 3.63) is 12.2 Å². The maximum Gasteiger partial charge on any atom is 0.362 e. The number of aliphatic carboxylic acids is 1. The number of allylic oxidation sites excluding steroid dienone is 2. The van der Waals surface area contributed by atoms with E-state index in [0.29, 0.717) is 19.3 Å². The van der Waals surface area contributed by atoms with Crippen molar-refractivity contribution >= 4 is 17.9 Å². The van der Waals surface area contributed by atoms with Gasteiger partial charge in [0, 0.05) is 19.3 Å². The predicted octanol–water partition coefficient (Wildman–Crippen LogP) is 13.1. The SMILES string of the molecule is CCCCCC/C=C/CCCC(=O)OC(COCCC(C(=O)O)[N+](C)(C)C)COC(=O)CCCCCCCCCCCCCCCCCCCCCCCCC. The Kier molecular flexibility index (Phi) is 38.5. The number of carbonyl (C=O) groups is 3. The molecule has 0 heterocycles. The number of nitrogens with zero attached hydrogens (tertiary/aromatic N) is 1. The van der Waals surface area contributed by atoms with E-state index in [-0.39, 0.29) is 42.7 Å². The molecule has 0 radical (unpaired) electrons. The average molecular weight is 795 g/mol. The van der Waals surface area contributed by atoms with E-state index in [1.807, 2.05) is 21.1 Å². The highest BCUT2D eigenvalue weighted by Crippen LogP contribution is 2.16. The molecule has 0 aromatic heterocycles. The minimum absolute atomic E-state index is 0.0552. The molecule has 2 atom stereocenters. The van der Waals surface area contributed by atoms with Gasteiger partial charge in [0.15, 0.2) is 12.1 Å². The van der Waals surface area contributed by atoms with Gasteiger partial charge < -0.3 is 23.8 Å². The van der Waals surface area contributed by atoms with Gasteiger partial charge in [-0.1, -0.05) is 187 Å². The highest BCUT2D eigenvalue weighted by atomic mass is 16.6. The Morgan fingerprint density at radius 2 is 0.911 bits per heavy atom. The van der Waals surface area contributed by atoms with Crippen LogP contribution in [-0.4, -0.2) is 80.6 Å². The first-order chi connectivity index (χ1) is 27.1. The lowest BCUT2D eigenvalue weighted by atomic mass is 10.0. The predicted molar refractivity (Wildman–Crippen MR) is 234 cm³/mol. The molecule has 0 aromatic rings. The van der Waals surface area contributed by atoms with Gasteiger partial charge in [0.25, 0.3) is 0 Å². The Balaban J connectivity index is 4.09. The van der Waals surface area contributed by atoms with Gasteiger partial charge >= 0.3 is 17.9 Å². The van der Waals surface area contributed by atoms with Gasteiger partial charge in [-0.15, -0.1) is 0 Å². The molecule has 330 valence electrons. The third kappa shape index (κ3) is 37.6. The first kappa shape index (κ1) is 54.1. The van der Waals surface area contributed by atoms with Crippen molar-refractivity contribution in [3.63, 3.8) is 0 Å². The highest BCUT2D eigenvalue weighted by molar-refractivity contribution is 5.72. The zero-order chi connectivity index (χ0) is 41.4. The smallest absolute Gasteiger partial charge is 0.362 e. The van der Waals surface area contributed by atoms with Crippen molar-refractivity contribution in [2.75, 3.05) is 41.0 Å². The molecule has 2 unspecified atom stereocenters. The Morgan fingerprint density at radius 1 is 0.518 bits per heavy atom. The quantitative estimate of drug-likeness (QED) is 0.0284. The van der Waals surface area contributed by atoms with Gasteiger partial charge in [-0.2, -0.15) is 0 Å². The second kappa shape index (κ2) is 39.9. The van der Waals surface area contributed by atoms with Crippen molar-refractivity contribution in [3.8, 4) is 0 Å². The van der Waals surface area contributed by atoms with Gasteiger partial charge in [0.1, 0.15) is 6.61 Å². The van der Waals surface area contributed by atoms with Crippen molar-refractivity contribution in [1.82, 2.24) is 0 Å². The van der Waals surface area contributed by atoms with Gasteiger partial charge in [-0.25, -0.2) is 4.79 Å². The Hall–Kier alpha value is -1.93. The summed E-state index contributed by atoms with van der Waals surface area (Å²) in [4.78, 5) is 36.9. The fourth-order valence-electron chi connectivity index (χ4n) is 7.21. The van der Waals surface area contributed by atoms with Crippen LogP contribution in [-0.2, 0) is 28.6 Å². The number of carbonyl (C=O) groups excluding carboxylic acids is 2. The van der Waals surface area contributed by atoms with Crippen LogP contribution in [0, 0.1) is 0 Å². The van der Waals surface area contributed by atoms with Crippen molar-refractivity contribution in [2.24, 2.45) is 0 Å². The number of carboxylic acid groups (broad SMARTS) is 1. The number of carboxylic acids is 1. The lowest BCUT2D eigenvalue weighted by Crippen LogP contribution is -2.50. The van der Waals surface area contributed by atoms with Crippen LogP contribution >= 0.6 is 0 Å². The number of rotatable bonds is 43. The second-order valence-electron chi connectivity index (χ2n) is 17.4. The van der Waals surface area contributed by atoms with Crippen LogP contribution in [0.1, 0.15) is 226 Å². The lowest BCUT2D eigenvalue weighted by molar-refractivity contribution is -0.887. The van der Waals surface area contributed by atoms with Crippen LogP contribution < -0.4 is 0 Å². The lowest BCUT2D eigenvalue weighted by Gasteiger charge is -2.31. The number of hydrogen-bond acceptors (Lipinski definition) is 6. The number of likely N-dealkylation sites (N-methyl/N-ethyl adjacent to an activating group) is 1. The summed E-state index contributed by atoms with van der Waals surface area (Å²) >= 11 is 0. The summed E-state index contributed by atoms with van der Waals surface area (Å²) in [5, 5.41) is 9.60. The molecule has 0 spiro atoms. The van der Waals surface area contributed by atoms with Gasteiger partial charge in [-0.05, 0) is 32.1 Å². The molecule has 0 fully saturated rings. The fraction of sp³-hybridized carbons (Fsp3) is 0.896. The van der Waals surface area contributed by atoms with Gasteiger partial charge in [0.2, 0.25) is 0 Å². The van der Waals surface area contributed by atoms with E-state index in [1.54, 1.807) is 0 Å². The van der Waals surface area contributed by atoms with Crippen molar-refractivity contribution in [1.29, 1.82) is 0 Å². The van der Waals surface area contributed by atoms with E-state index in [4.69, 9.17) is 14.2 Å². The van der Waals surface area contributed by atoms with E-state index in [0.717, 1.165) is 32.1 Å². The van der Waals surface area contributed by atoms with Crippen LogP contribution in [0.5, 0.6) is 0 Å². The van der Waals surface area contributed by atoms with E-state index in [9.17, 15) is 19.5 Å². The zero-order valence-electron chi connectivity index (χ0n) is 37.6. The standard InChI is InChI=1S/C48H91NO7/c1-6-8-10-12-14-16-17-18-19-20-21-22-23-24-25-26-27-28-29-31-32-34-36-38-46(50)55-43-44(42-54-41-40-45(48(52)53)49(3,4)5)56-47(51)39-37-35-33-30-15-13-11-9-7-2/h30,33,44-45H,6-29,31-32,34-43H2,1-5H3/p+1/b33-30+. The molecular weight excluding hydrogens is 703 g/mol. The summed E-state index contributed by atoms with van der Waals surface area (Å²) in [6.07, 6.45) is 42.9. The van der Waals surface area contributed by atoms with Crippen LogP contribution in [0.3, 0.4) is 0 Å². The minimum atomic E-state index is -0.876. The third-order valence-corrected chi connectivity index (χ3v) is 10.9. The first-order valence-corrected chi connectivity index (χ1v) is 23.7. The van der Waals surface area contributed by atoms with Crippen molar-refractivity contribution < 1.29 is 38.2 Å². The van der Waals surface area contributed by atoms with Crippen molar-refractivity contribution in [2.45, 2.75) is 238 Å². The summed E-state index contributed by atoms with van der Waals surface area (Å²) in [7, 11) is 5.52. The van der Waals surface area contributed by atoms with Crippen LogP contribution in [0.25, 0.3) is 0 Å². The molecule has 0 amide bonds. The van der Waals surface area contributed by atoms with Gasteiger partial charge in [0.05, 0.1) is 34.4 Å². The second-order valence-corrected chi connectivity index (χ2v) is 17.4. The number of ether oxygens (including phenoxy) is 3. The molecule has 56 heavy (non-hydrogen) atoms. The Bertz CT molecular complexity index is 931. The molecule has 8 nitrogen and oxygen atoms in total. The molecule has 0 saturated heterocycles. The van der Waals surface area contributed by atoms with E-state index >= 15 is 0 Å². The molecule has 8 heteroatoms. The number of esters is 2. The molecule has 0 aromatic carbocycles. The van der Waals surface area contributed by atoms with E-state index in [2.05, 4.69) is 26.0 Å².